The Hall–Kier alpha value is -0.950. The second-order valence-electron chi connectivity index (χ2n) is 5.14. The maximum absolute atomic E-state index is 12.2. The summed E-state index contributed by atoms with van der Waals surface area (Å²) in [5.41, 5.74) is 0.764. The summed E-state index contributed by atoms with van der Waals surface area (Å²) in [6.45, 7) is 0.347. The molecule has 0 saturated carbocycles. The fraction of sp³-hybridized carbons (Fsp3) is 0.286. The van der Waals surface area contributed by atoms with Crippen LogP contribution in [0.4, 0.5) is 0 Å². The molecule has 0 aliphatic carbocycles. The zero-order valence-corrected chi connectivity index (χ0v) is 14.1. The second-order valence-corrected chi connectivity index (χ2v) is 8.19. The number of carbonyl (C=O) groups excluding carboxylic acids is 1. The van der Waals surface area contributed by atoms with E-state index in [2.05, 4.69) is 4.98 Å². The van der Waals surface area contributed by atoms with Gasteiger partial charge in [0.2, 0.25) is 0 Å². The number of rotatable bonds is 1. The van der Waals surface area contributed by atoms with Gasteiger partial charge in [0.05, 0.1) is 26.2 Å². The van der Waals surface area contributed by atoms with Gasteiger partial charge in [0.15, 0.2) is 0 Å². The van der Waals surface area contributed by atoms with Gasteiger partial charge < -0.3 is 9.72 Å². The SMILES string of the molecule is O=C1OC[C@@H]2Sc3[nH]c(=O)sc3[C@H](c3cccc(Cl)c3Cl)[C@H]12. The molecule has 114 valence electrons. The van der Waals surface area contributed by atoms with Crippen LogP contribution in [0.1, 0.15) is 16.4 Å². The largest absolute Gasteiger partial charge is 0.464 e. The quantitative estimate of drug-likeness (QED) is 0.776. The van der Waals surface area contributed by atoms with Crippen molar-refractivity contribution in [3.05, 3.63) is 48.4 Å². The number of cyclic esters (lactones) is 1. The van der Waals surface area contributed by atoms with Crippen molar-refractivity contribution in [3.63, 3.8) is 0 Å². The number of aromatic nitrogens is 1. The van der Waals surface area contributed by atoms with Crippen LogP contribution >= 0.6 is 46.3 Å². The Kier molecular flexibility index (Phi) is 3.52. The third-order valence-electron chi connectivity index (χ3n) is 3.93. The van der Waals surface area contributed by atoms with E-state index in [0.29, 0.717) is 16.7 Å². The molecule has 2 aliphatic heterocycles. The molecule has 2 aliphatic rings. The van der Waals surface area contributed by atoms with Gasteiger partial charge >= 0.3 is 10.8 Å². The van der Waals surface area contributed by atoms with Crippen LogP contribution in [0.3, 0.4) is 0 Å². The maximum atomic E-state index is 12.2. The Morgan fingerprint density at radius 2 is 2.09 bits per heavy atom. The minimum atomic E-state index is -0.347. The molecule has 0 unspecified atom stereocenters. The van der Waals surface area contributed by atoms with E-state index in [1.165, 1.54) is 11.8 Å². The minimum Gasteiger partial charge on any atom is -0.464 e. The highest BCUT2D eigenvalue weighted by Gasteiger charge is 2.49. The number of hydrogen-bond donors (Lipinski definition) is 1. The average Bonchev–Trinajstić information content (AvgIpc) is 3.02. The molecule has 4 nitrogen and oxygen atoms in total. The lowest BCUT2D eigenvalue weighted by molar-refractivity contribution is -0.141. The Labute approximate surface area is 143 Å². The number of hydrogen-bond acceptors (Lipinski definition) is 5. The predicted octanol–water partition coefficient (Wildman–Crippen LogP) is 3.52. The van der Waals surface area contributed by atoms with E-state index in [4.69, 9.17) is 27.9 Å². The lowest BCUT2D eigenvalue weighted by Gasteiger charge is -2.30. The van der Waals surface area contributed by atoms with Gasteiger partial charge in [-0.05, 0) is 11.6 Å². The van der Waals surface area contributed by atoms with Crippen LogP contribution in [0.25, 0.3) is 0 Å². The van der Waals surface area contributed by atoms with Gasteiger partial charge in [-0.25, -0.2) is 0 Å². The summed E-state index contributed by atoms with van der Waals surface area (Å²) >= 11 is 15.1. The minimum absolute atomic E-state index is 0.0229. The highest BCUT2D eigenvalue weighted by molar-refractivity contribution is 8.00. The summed E-state index contributed by atoms with van der Waals surface area (Å²) in [7, 11) is 0. The predicted molar refractivity (Wildman–Crippen MR) is 87.3 cm³/mol. The Bertz CT molecular complexity index is 832. The molecule has 2 aromatic rings. The summed E-state index contributed by atoms with van der Waals surface area (Å²) in [6, 6.07) is 5.36. The highest BCUT2D eigenvalue weighted by Crippen LogP contribution is 2.53. The van der Waals surface area contributed by atoms with Crippen molar-refractivity contribution < 1.29 is 9.53 Å². The molecular weight excluding hydrogens is 365 g/mol. The van der Waals surface area contributed by atoms with Crippen LogP contribution < -0.4 is 4.87 Å². The monoisotopic (exact) mass is 373 g/mol. The maximum Gasteiger partial charge on any atom is 0.311 e. The lowest BCUT2D eigenvalue weighted by atomic mass is 9.83. The summed E-state index contributed by atoms with van der Waals surface area (Å²) < 4.78 is 5.23. The molecule has 1 aromatic heterocycles. The summed E-state index contributed by atoms with van der Waals surface area (Å²) in [5, 5.41) is 1.64. The van der Waals surface area contributed by atoms with Crippen molar-refractivity contribution in [2.75, 3.05) is 6.61 Å². The summed E-state index contributed by atoms with van der Waals surface area (Å²) in [6.07, 6.45) is 0. The van der Waals surface area contributed by atoms with E-state index >= 15 is 0 Å². The lowest BCUT2D eigenvalue weighted by Crippen LogP contribution is -2.30. The highest BCUT2D eigenvalue weighted by atomic mass is 35.5. The van der Waals surface area contributed by atoms with E-state index in [0.717, 1.165) is 26.8 Å². The molecule has 3 atom stereocenters. The number of ether oxygens (including phenoxy) is 1. The number of esters is 1. The standard InChI is InChI=1S/C14H9Cl2NO3S2/c15-6-3-1-2-5(10(6)16)8-9-7(4-20-13(9)18)21-12-11(8)22-14(19)17-12/h1-3,7-9H,4H2,(H,17,19)/t7-,8+,9+/m0/s1. The first-order chi connectivity index (χ1) is 10.6. The zero-order chi connectivity index (χ0) is 15.4. The van der Waals surface area contributed by atoms with Gasteiger partial charge in [-0.1, -0.05) is 58.4 Å². The molecule has 1 saturated heterocycles. The van der Waals surface area contributed by atoms with Crippen molar-refractivity contribution in [1.29, 1.82) is 0 Å². The van der Waals surface area contributed by atoms with Crippen molar-refractivity contribution in [3.8, 4) is 0 Å². The first-order valence-electron chi connectivity index (χ1n) is 6.56. The van der Waals surface area contributed by atoms with Crippen molar-refractivity contribution in [2.24, 2.45) is 5.92 Å². The van der Waals surface area contributed by atoms with Crippen molar-refractivity contribution in [2.45, 2.75) is 16.2 Å². The first-order valence-corrected chi connectivity index (χ1v) is 9.01. The topological polar surface area (TPSA) is 59.2 Å². The zero-order valence-electron chi connectivity index (χ0n) is 11.0. The van der Waals surface area contributed by atoms with Gasteiger partial charge in [0.25, 0.3) is 0 Å². The van der Waals surface area contributed by atoms with Crippen LogP contribution in [-0.4, -0.2) is 22.8 Å². The molecular formula is C14H9Cl2NO3S2. The smallest absolute Gasteiger partial charge is 0.311 e. The van der Waals surface area contributed by atoms with Gasteiger partial charge in [-0.3, -0.25) is 9.59 Å². The molecule has 0 radical (unpaired) electrons. The molecule has 8 heteroatoms. The van der Waals surface area contributed by atoms with Crippen LogP contribution in [0.15, 0.2) is 28.0 Å². The van der Waals surface area contributed by atoms with E-state index in [1.807, 2.05) is 6.07 Å². The molecule has 1 N–H and O–H groups in total. The molecule has 22 heavy (non-hydrogen) atoms. The van der Waals surface area contributed by atoms with Crippen molar-refractivity contribution in [1.82, 2.24) is 4.98 Å². The number of H-pyrrole nitrogens is 1. The van der Waals surface area contributed by atoms with Gasteiger partial charge in [0.1, 0.15) is 6.61 Å². The fourth-order valence-electron chi connectivity index (χ4n) is 3.00. The Morgan fingerprint density at radius 1 is 1.27 bits per heavy atom. The number of fused-ring (bicyclic) bond motifs is 2. The van der Waals surface area contributed by atoms with E-state index in [9.17, 15) is 9.59 Å². The first kappa shape index (κ1) is 14.6. The van der Waals surface area contributed by atoms with Gasteiger partial charge in [-0.15, -0.1) is 0 Å². The number of aromatic amines is 1. The van der Waals surface area contributed by atoms with E-state index in [-0.39, 0.29) is 27.9 Å². The van der Waals surface area contributed by atoms with Crippen LogP contribution in [0.2, 0.25) is 10.0 Å². The van der Waals surface area contributed by atoms with E-state index in [1.54, 1.807) is 12.1 Å². The molecule has 0 amide bonds. The van der Waals surface area contributed by atoms with Crippen molar-refractivity contribution >= 4 is 52.3 Å². The number of nitrogens with one attached hydrogen (secondary N) is 1. The number of carbonyl (C=O) groups is 1. The third-order valence-corrected chi connectivity index (χ3v) is 7.15. The molecule has 4 rings (SSSR count). The molecule has 1 fully saturated rings. The summed E-state index contributed by atoms with van der Waals surface area (Å²) in [4.78, 5) is 27.5. The molecule has 3 heterocycles. The van der Waals surface area contributed by atoms with Gasteiger partial charge in [0, 0.05) is 10.8 Å². The molecule has 0 spiro atoms. The Balaban J connectivity index is 1.95. The second kappa shape index (κ2) is 5.30. The number of thiazole rings is 1. The number of thioether (sulfide) groups is 1. The fourth-order valence-corrected chi connectivity index (χ4v) is 5.91. The van der Waals surface area contributed by atoms with Crippen LogP contribution in [0.5, 0.6) is 0 Å². The van der Waals surface area contributed by atoms with E-state index < -0.39 is 0 Å². The molecule has 1 aromatic carbocycles. The Morgan fingerprint density at radius 3 is 2.91 bits per heavy atom. The van der Waals surface area contributed by atoms with Gasteiger partial charge in [-0.2, -0.15) is 0 Å². The van der Waals surface area contributed by atoms with Crippen LogP contribution in [0, 0.1) is 5.92 Å². The number of benzene rings is 1. The third kappa shape index (κ3) is 2.12. The molecule has 0 bridgehead atoms. The summed E-state index contributed by atoms with van der Waals surface area (Å²) in [5.74, 6) is -0.892. The van der Waals surface area contributed by atoms with Crippen LogP contribution in [-0.2, 0) is 9.53 Å². The normalized spacial score (nSPS) is 26.5. The number of halogens is 2. The average molecular weight is 374 g/mol.